The molecule has 2 aromatic rings. The maximum Gasteiger partial charge on any atom is 0.252 e. The number of aromatic nitrogens is 4. The normalized spacial score (nSPS) is 18.6. The Labute approximate surface area is 81.0 Å². The Morgan fingerprint density at radius 1 is 1.43 bits per heavy atom. The molecule has 72 valence electrons. The lowest BCUT2D eigenvalue weighted by Gasteiger charge is -2.11. The van der Waals surface area contributed by atoms with Gasteiger partial charge in [-0.05, 0) is 18.4 Å². The summed E-state index contributed by atoms with van der Waals surface area (Å²) < 4.78 is 1.70. The van der Waals surface area contributed by atoms with Gasteiger partial charge in [0.15, 0.2) is 0 Å². The SMILES string of the molecule is NCC1(c2cnc3ncnn3c2)CC1. The number of nitrogens with zero attached hydrogens (tertiary/aromatic N) is 4. The topological polar surface area (TPSA) is 69.1 Å². The third-order valence-electron chi connectivity index (χ3n) is 2.99. The number of fused-ring (bicyclic) bond motifs is 1. The quantitative estimate of drug-likeness (QED) is 0.728. The number of nitrogens with two attached hydrogens (primary N) is 1. The average molecular weight is 189 g/mol. The fourth-order valence-corrected chi connectivity index (χ4v) is 1.76. The fraction of sp³-hybridized carbons (Fsp3) is 0.444. The Morgan fingerprint density at radius 3 is 3.00 bits per heavy atom. The van der Waals surface area contributed by atoms with Gasteiger partial charge in [-0.2, -0.15) is 10.1 Å². The van der Waals surface area contributed by atoms with Crippen molar-refractivity contribution in [3.8, 4) is 0 Å². The largest absolute Gasteiger partial charge is 0.330 e. The highest BCUT2D eigenvalue weighted by molar-refractivity contribution is 5.33. The third-order valence-corrected chi connectivity index (χ3v) is 2.99. The van der Waals surface area contributed by atoms with E-state index in [1.807, 2.05) is 12.4 Å². The maximum atomic E-state index is 5.75. The van der Waals surface area contributed by atoms with Gasteiger partial charge in [-0.3, -0.25) is 0 Å². The minimum atomic E-state index is 0.174. The van der Waals surface area contributed by atoms with E-state index in [1.54, 1.807) is 4.52 Å². The van der Waals surface area contributed by atoms with E-state index >= 15 is 0 Å². The van der Waals surface area contributed by atoms with E-state index in [4.69, 9.17) is 5.73 Å². The van der Waals surface area contributed by atoms with E-state index in [1.165, 1.54) is 11.9 Å². The first-order valence-corrected chi connectivity index (χ1v) is 4.70. The van der Waals surface area contributed by atoms with Crippen molar-refractivity contribution in [2.75, 3.05) is 6.54 Å². The molecule has 1 fully saturated rings. The van der Waals surface area contributed by atoms with E-state index in [-0.39, 0.29) is 5.41 Å². The molecule has 0 aliphatic heterocycles. The summed E-state index contributed by atoms with van der Waals surface area (Å²) in [6, 6.07) is 0. The van der Waals surface area contributed by atoms with Crippen molar-refractivity contribution in [1.82, 2.24) is 19.6 Å². The molecule has 5 nitrogen and oxygen atoms in total. The van der Waals surface area contributed by atoms with Crippen LogP contribution >= 0.6 is 0 Å². The second kappa shape index (κ2) is 2.51. The van der Waals surface area contributed by atoms with Crippen LogP contribution in [0, 0.1) is 0 Å². The number of hydrogen-bond acceptors (Lipinski definition) is 4. The van der Waals surface area contributed by atoms with E-state index < -0.39 is 0 Å². The van der Waals surface area contributed by atoms with Crippen LogP contribution in [0.1, 0.15) is 18.4 Å². The maximum absolute atomic E-state index is 5.75. The van der Waals surface area contributed by atoms with Crippen LogP contribution in [0.25, 0.3) is 5.78 Å². The molecule has 1 aliphatic carbocycles. The van der Waals surface area contributed by atoms with Crippen LogP contribution < -0.4 is 5.73 Å². The van der Waals surface area contributed by atoms with Crippen molar-refractivity contribution in [3.05, 3.63) is 24.3 Å². The van der Waals surface area contributed by atoms with Crippen molar-refractivity contribution in [1.29, 1.82) is 0 Å². The highest BCUT2D eigenvalue weighted by Gasteiger charge is 2.43. The standard InChI is InChI=1S/C9H11N5/c10-5-9(1-2-9)7-3-11-8-12-6-13-14(8)4-7/h3-4,6H,1-2,5,10H2. The zero-order valence-electron chi connectivity index (χ0n) is 7.72. The molecule has 2 heterocycles. The molecule has 0 aromatic carbocycles. The fourth-order valence-electron chi connectivity index (χ4n) is 1.76. The molecule has 0 unspecified atom stereocenters. The van der Waals surface area contributed by atoms with E-state index in [0.29, 0.717) is 12.3 Å². The summed E-state index contributed by atoms with van der Waals surface area (Å²) in [6.45, 7) is 0.689. The summed E-state index contributed by atoms with van der Waals surface area (Å²) >= 11 is 0. The molecular weight excluding hydrogens is 178 g/mol. The molecule has 2 aromatic heterocycles. The summed E-state index contributed by atoms with van der Waals surface area (Å²) in [4.78, 5) is 8.23. The smallest absolute Gasteiger partial charge is 0.252 e. The summed E-state index contributed by atoms with van der Waals surface area (Å²) in [5, 5.41) is 4.06. The monoisotopic (exact) mass is 189 g/mol. The van der Waals surface area contributed by atoms with Gasteiger partial charge >= 0.3 is 0 Å². The first kappa shape index (κ1) is 7.87. The second-order valence-electron chi connectivity index (χ2n) is 3.83. The Bertz CT molecular complexity index is 471. The van der Waals surface area contributed by atoms with Gasteiger partial charge in [0, 0.05) is 24.4 Å². The van der Waals surface area contributed by atoms with Crippen LogP contribution in [-0.2, 0) is 5.41 Å². The van der Waals surface area contributed by atoms with Crippen LogP contribution in [0.15, 0.2) is 18.7 Å². The van der Waals surface area contributed by atoms with Crippen LogP contribution in [-0.4, -0.2) is 26.1 Å². The van der Waals surface area contributed by atoms with Crippen molar-refractivity contribution < 1.29 is 0 Å². The Balaban J connectivity index is 2.13. The van der Waals surface area contributed by atoms with Gasteiger partial charge in [0.1, 0.15) is 6.33 Å². The van der Waals surface area contributed by atoms with Gasteiger partial charge in [-0.15, -0.1) is 0 Å². The van der Waals surface area contributed by atoms with Crippen LogP contribution in [0.2, 0.25) is 0 Å². The minimum absolute atomic E-state index is 0.174. The molecule has 1 saturated carbocycles. The highest BCUT2D eigenvalue weighted by atomic mass is 15.3. The third kappa shape index (κ3) is 0.957. The summed E-state index contributed by atoms with van der Waals surface area (Å²) in [6.07, 6.45) is 7.67. The predicted molar refractivity (Wildman–Crippen MR) is 50.7 cm³/mol. The van der Waals surface area contributed by atoms with Gasteiger partial charge < -0.3 is 5.73 Å². The highest BCUT2D eigenvalue weighted by Crippen LogP contribution is 2.46. The van der Waals surface area contributed by atoms with Crippen molar-refractivity contribution in [2.45, 2.75) is 18.3 Å². The van der Waals surface area contributed by atoms with Crippen LogP contribution in [0.3, 0.4) is 0 Å². The molecule has 0 radical (unpaired) electrons. The Kier molecular flexibility index (Phi) is 1.41. The van der Waals surface area contributed by atoms with Crippen molar-refractivity contribution in [3.63, 3.8) is 0 Å². The summed E-state index contributed by atoms with van der Waals surface area (Å²) in [5.74, 6) is 0.640. The van der Waals surface area contributed by atoms with Crippen LogP contribution in [0.4, 0.5) is 0 Å². The first-order chi connectivity index (χ1) is 6.84. The number of rotatable bonds is 2. The van der Waals surface area contributed by atoms with Crippen LogP contribution in [0.5, 0.6) is 0 Å². The van der Waals surface area contributed by atoms with Gasteiger partial charge in [-0.25, -0.2) is 9.50 Å². The minimum Gasteiger partial charge on any atom is -0.330 e. The Morgan fingerprint density at radius 2 is 2.29 bits per heavy atom. The lowest BCUT2D eigenvalue weighted by Crippen LogP contribution is -2.20. The summed E-state index contributed by atoms with van der Waals surface area (Å²) in [5.41, 5.74) is 7.10. The Hall–Kier alpha value is -1.49. The summed E-state index contributed by atoms with van der Waals surface area (Å²) in [7, 11) is 0. The van der Waals surface area contributed by atoms with E-state index in [0.717, 1.165) is 12.8 Å². The van der Waals surface area contributed by atoms with E-state index in [9.17, 15) is 0 Å². The van der Waals surface area contributed by atoms with Gasteiger partial charge in [0.25, 0.3) is 5.78 Å². The molecule has 3 rings (SSSR count). The molecule has 14 heavy (non-hydrogen) atoms. The molecule has 2 N–H and O–H groups in total. The van der Waals surface area contributed by atoms with Gasteiger partial charge in [0.05, 0.1) is 0 Å². The molecule has 0 amide bonds. The van der Waals surface area contributed by atoms with Gasteiger partial charge in [-0.1, -0.05) is 0 Å². The predicted octanol–water partition coefficient (Wildman–Crippen LogP) is 0.115. The molecule has 5 heteroatoms. The van der Waals surface area contributed by atoms with E-state index in [2.05, 4.69) is 15.1 Å². The average Bonchev–Trinajstić information content (AvgIpc) is 2.89. The van der Waals surface area contributed by atoms with Crippen molar-refractivity contribution in [2.24, 2.45) is 5.73 Å². The first-order valence-electron chi connectivity index (χ1n) is 4.70. The molecular formula is C9H11N5. The molecule has 0 saturated heterocycles. The zero-order valence-corrected chi connectivity index (χ0v) is 7.72. The lowest BCUT2D eigenvalue weighted by molar-refractivity contribution is 0.689. The molecule has 0 atom stereocenters. The van der Waals surface area contributed by atoms with Gasteiger partial charge in [0.2, 0.25) is 0 Å². The van der Waals surface area contributed by atoms with Crippen molar-refractivity contribution >= 4 is 5.78 Å². The molecule has 1 aliphatic rings. The molecule has 0 spiro atoms. The number of hydrogen-bond donors (Lipinski definition) is 1. The second-order valence-corrected chi connectivity index (χ2v) is 3.83. The lowest BCUT2D eigenvalue weighted by atomic mass is 10.00. The zero-order chi connectivity index (χ0) is 9.60. The molecule has 0 bridgehead atoms.